The lowest BCUT2D eigenvalue weighted by Crippen LogP contribution is -2.35. The summed E-state index contributed by atoms with van der Waals surface area (Å²) < 4.78 is 5.64. The Kier molecular flexibility index (Phi) is 2.97. The molecule has 0 bridgehead atoms. The predicted octanol–water partition coefficient (Wildman–Crippen LogP) is 2.59. The van der Waals surface area contributed by atoms with Crippen molar-refractivity contribution < 1.29 is 4.74 Å². The van der Waals surface area contributed by atoms with Gasteiger partial charge in [0.1, 0.15) is 18.4 Å². The third-order valence-corrected chi connectivity index (χ3v) is 4.04. The summed E-state index contributed by atoms with van der Waals surface area (Å²) >= 11 is 1.81. The van der Waals surface area contributed by atoms with Crippen molar-refractivity contribution >= 4 is 16.9 Å². The molecule has 1 saturated heterocycles. The second kappa shape index (κ2) is 4.61. The Morgan fingerprint density at radius 3 is 3.18 bits per heavy atom. The van der Waals surface area contributed by atoms with Crippen molar-refractivity contribution in [3.63, 3.8) is 0 Å². The summed E-state index contributed by atoms with van der Waals surface area (Å²) in [5.41, 5.74) is 1.21. The topological polar surface area (TPSA) is 33.6 Å². The number of para-hydroxylation sites is 1. The van der Waals surface area contributed by atoms with Crippen LogP contribution in [0.3, 0.4) is 0 Å². The molecule has 0 saturated carbocycles. The number of thioether (sulfide) groups is 1. The molecule has 1 aromatic carbocycles. The van der Waals surface area contributed by atoms with Crippen LogP contribution in [0, 0.1) is 0 Å². The highest BCUT2D eigenvalue weighted by Crippen LogP contribution is 2.34. The van der Waals surface area contributed by atoms with Gasteiger partial charge in [0.25, 0.3) is 0 Å². The van der Waals surface area contributed by atoms with Gasteiger partial charge in [0.15, 0.2) is 5.17 Å². The van der Waals surface area contributed by atoms with E-state index < -0.39 is 0 Å². The van der Waals surface area contributed by atoms with E-state index >= 15 is 0 Å². The Bertz CT molecular complexity index is 447. The average Bonchev–Trinajstić information content (AvgIpc) is 2.73. The Balaban J connectivity index is 1.80. The number of nitrogens with one attached hydrogen (secondary N) is 1. The molecule has 4 heteroatoms. The monoisotopic (exact) mass is 248 g/mol. The van der Waals surface area contributed by atoms with Gasteiger partial charge in [-0.25, -0.2) is 0 Å². The van der Waals surface area contributed by atoms with Gasteiger partial charge in [-0.15, -0.1) is 0 Å². The van der Waals surface area contributed by atoms with E-state index in [0.717, 1.165) is 16.7 Å². The number of aliphatic imine (C=N–C) groups is 1. The molecule has 2 unspecified atom stereocenters. The summed E-state index contributed by atoms with van der Waals surface area (Å²) in [4.78, 5) is 4.77. The Morgan fingerprint density at radius 1 is 1.41 bits per heavy atom. The molecule has 1 aromatic rings. The molecule has 2 aliphatic heterocycles. The molecule has 2 heterocycles. The smallest absolute Gasteiger partial charge is 0.157 e. The fourth-order valence-corrected chi connectivity index (χ4v) is 3.28. The Morgan fingerprint density at radius 2 is 2.29 bits per heavy atom. The van der Waals surface area contributed by atoms with Gasteiger partial charge in [-0.2, -0.15) is 0 Å². The maximum Gasteiger partial charge on any atom is 0.157 e. The number of fused-ring (bicyclic) bond motifs is 1. The third kappa shape index (κ3) is 2.27. The van der Waals surface area contributed by atoms with Crippen LogP contribution >= 0.6 is 11.8 Å². The molecular weight excluding hydrogens is 232 g/mol. The molecule has 2 atom stereocenters. The van der Waals surface area contributed by atoms with Crippen molar-refractivity contribution in [3.8, 4) is 5.75 Å². The molecule has 0 aromatic heterocycles. The molecule has 0 amide bonds. The van der Waals surface area contributed by atoms with Crippen LogP contribution in [0.4, 0.5) is 0 Å². The van der Waals surface area contributed by atoms with Crippen LogP contribution in [-0.2, 0) is 0 Å². The van der Waals surface area contributed by atoms with Crippen LogP contribution in [-0.4, -0.2) is 23.6 Å². The molecule has 0 radical (unpaired) electrons. The molecule has 0 aliphatic carbocycles. The zero-order valence-electron chi connectivity index (χ0n) is 9.85. The summed E-state index contributed by atoms with van der Waals surface area (Å²) in [5.74, 6) is 2.14. The van der Waals surface area contributed by atoms with E-state index in [4.69, 9.17) is 9.73 Å². The normalized spacial score (nSPS) is 29.6. The minimum atomic E-state index is 0.159. The maximum atomic E-state index is 5.64. The van der Waals surface area contributed by atoms with Crippen molar-refractivity contribution in [2.24, 2.45) is 4.99 Å². The van der Waals surface area contributed by atoms with Crippen LogP contribution in [0.2, 0.25) is 0 Å². The van der Waals surface area contributed by atoms with E-state index in [1.165, 1.54) is 12.0 Å². The van der Waals surface area contributed by atoms with Crippen LogP contribution in [0.25, 0.3) is 0 Å². The van der Waals surface area contributed by atoms with E-state index in [2.05, 4.69) is 18.3 Å². The molecule has 2 aliphatic rings. The van der Waals surface area contributed by atoms with Gasteiger partial charge < -0.3 is 10.1 Å². The fourth-order valence-electron chi connectivity index (χ4n) is 2.13. The summed E-state index contributed by atoms with van der Waals surface area (Å²) in [7, 11) is 0. The summed E-state index contributed by atoms with van der Waals surface area (Å²) in [6.07, 6.45) is 1.21. The second-order valence-corrected chi connectivity index (χ2v) is 5.57. The molecule has 17 heavy (non-hydrogen) atoms. The minimum absolute atomic E-state index is 0.159. The third-order valence-electron chi connectivity index (χ3n) is 3.11. The first kappa shape index (κ1) is 11.0. The lowest BCUT2D eigenvalue weighted by molar-refractivity contribution is 0.334. The van der Waals surface area contributed by atoms with Gasteiger partial charge in [-0.05, 0) is 19.4 Å². The van der Waals surface area contributed by atoms with Crippen molar-refractivity contribution in [2.45, 2.75) is 25.4 Å². The van der Waals surface area contributed by atoms with E-state index in [9.17, 15) is 0 Å². The Labute approximate surface area is 106 Å². The predicted molar refractivity (Wildman–Crippen MR) is 71.8 cm³/mol. The lowest BCUT2D eigenvalue weighted by atomic mass is 10.1. The first-order valence-corrected chi connectivity index (χ1v) is 7.00. The average molecular weight is 248 g/mol. The van der Waals surface area contributed by atoms with Crippen molar-refractivity contribution in [3.05, 3.63) is 29.8 Å². The van der Waals surface area contributed by atoms with Crippen LogP contribution in [0.5, 0.6) is 5.75 Å². The number of ether oxygens (including phenoxy) is 1. The van der Waals surface area contributed by atoms with Gasteiger partial charge >= 0.3 is 0 Å². The molecule has 3 nitrogen and oxygen atoms in total. The van der Waals surface area contributed by atoms with E-state index in [1.54, 1.807) is 0 Å². The number of benzene rings is 1. The van der Waals surface area contributed by atoms with Gasteiger partial charge in [0, 0.05) is 17.4 Å². The quantitative estimate of drug-likeness (QED) is 0.829. The van der Waals surface area contributed by atoms with E-state index in [1.807, 2.05) is 30.0 Å². The number of nitrogens with zero attached hydrogens (tertiary/aromatic N) is 1. The lowest BCUT2D eigenvalue weighted by Gasteiger charge is -2.22. The zero-order valence-corrected chi connectivity index (χ0v) is 10.7. The van der Waals surface area contributed by atoms with Gasteiger partial charge in [0.2, 0.25) is 0 Å². The standard InChI is InChI=1S/C13H16N2OS/c1-9-6-7-17-13(14-9)15-11-8-16-12-5-3-2-4-10(11)12/h2-5,9,11H,6-8H2,1H3,(H,14,15). The minimum Gasteiger partial charge on any atom is -0.491 e. The fraction of sp³-hybridized carbons (Fsp3) is 0.462. The molecule has 90 valence electrons. The highest BCUT2D eigenvalue weighted by atomic mass is 32.2. The van der Waals surface area contributed by atoms with E-state index in [-0.39, 0.29) is 6.04 Å². The summed E-state index contributed by atoms with van der Waals surface area (Å²) in [5, 5.41) is 4.50. The molecule has 0 spiro atoms. The van der Waals surface area contributed by atoms with Gasteiger partial charge in [0.05, 0.1) is 0 Å². The first-order chi connectivity index (χ1) is 8.33. The van der Waals surface area contributed by atoms with Crippen LogP contribution in [0.15, 0.2) is 29.3 Å². The molecule has 3 rings (SSSR count). The van der Waals surface area contributed by atoms with Gasteiger partial charge in [-0.1, -0.05) is 30.0 Å². The highest BCUT2D eigenvalue weighted by molar-refractivity contribution is 8.13. The van der Waals surface area contributed by atoms with Crippen molar-refractivity contribution in [1.82, 2.24) is 5.32 Å². The number of hydrogen-bond acceptors (Lipinski definition) is 3. The molecule has 1 N–H and O–H groups in total. The Hall–Kier alpha value is -1.16. The number of hydrogen-bond donors (Lipinski definition) is 1. The maximum absolute atomic E-state index is 5.64. The van der Waals surface area contributed by atoms with Crippen molar-refractivity contribution in [1.29, 1.82) is 0 Å². The summed E-state index contributed by atoms with van der Waals surface area (Å²) in [6.45, 7) is 2.87. The number of amidine groups is 1. The van der Waals surface area contributed by atoms with Gasteiger partial charge in [-0.3, -0.25) is 4.99 Å². The van der Waals surface area contributed by atoms with E-state index in [0.29, 0.717) is 12.6 Å². The van der Waals surface area contributed by atoms with Crippen LogP contribution in [0.1, 0.15) is 24.9 Å². The largest absolute Gasteiger partial charge is 0.491 e. The summed E-state index contributed by atoms with van der Waals surface area (Å²) in [6, 6.07) is 8.86. The molecule has 1 fully saturated rings. The second-order valence-electron chi connectivity index (χ2n) is 4.48. The first-order valence-electron chi connectivity index (χ1n) is 6.02. The SMILES string of the molecule is CC1CCSC(=NC2COc3ccccc32)N1. The van der Waals surface area contributed by atoms with Crippen LogP contribution < -0.4 is 10.1 Å². The number of rotatable bonds is 1. The van der Waals surface area contributed by atoms with Crippen molar-refractivity contribution in [2.75, 3.05) is 12.4 Å². The molecular formula is C13H16N2OS. The zero-order chi connectivity index (χ0) is 11.7. The highest BCUT2D eigenvalue weighted by Gasteiger charge is 2.24.